The summed E-state index contributed by atoms with van der Waals surface area (Å²) in [5, 5.41) is 3.35. The number of methoxy groups -OCH3 is 1. The molecule has 3 N–H and O–H groups in total. The van der Waals surface area contributed by atoms with Gasteiger partial charge in [0.2, 0.25) is 5.88 Å². The highest BCUT2D eigenvalue weighted by atomic mass is 32.2. The molecule has 0 saturated carbocycles. The summed E-state index contributed by atoms with van der Waals surface area (Å²) < 4.78 is 10.2. The molecule has 0 aliphatic carbocycles. The number of amidine groups is 1. The summed E-state index contributed by atoms with van der Waals surface area (Å²) in [6, 6.07) is 1.85. The van der Waals surface area contributed by atoms with Gasteiger partial charge in [0.1, 0.15) is 12.3 Å². The van der Waals surface area contributed by atoms with Crippen LogP contribution in [0.25, 0.3) is 0 Å². The predicted octanol–water partition coefficient (Wildman–Crippen LogP) is 1.82. The van der Waals surface area contributed by atoms with E-state index in [-0.39, 0.29) is 11.6 Å². The van der Waals surface area contributed by atoms with Gasteiger partial charge < -0.3 is 20.5 Å². The average molecular weight is 402 g/mol. The lowest BCUT2D eigenvalue weighted by Gasteiger charge is -2.29. The van der Waals surface area contributed by atoms with Crippen LogP contribution in [0.4, 0.5) is 5.69 Å². The molecular weight excluding hydrogens is 380 g/mol. The Hall–Kier alpha value is -2.72. The van der Waals surface area contributed by atoms with E-state index < -0.39 is 5.54 Å². The summed E-state index contributed by atoms with van der Waals surface area (Å²) in [7, 11) is 1.58. The number of aliphatic imine (C=N–C) groups is 1. The van der Waals surface area contributed by atoms with Crippen molar-refractivity contribution in [2.24, 2.45) is 10.7 Å². The van der Waals surface area contributed by atoms with Gasteiger partial charge in [0, 0.05) is 19.1 Å². The van der Waals surface area contributed by atoms with E-state index in [1.165, 1.54) is 24.2 Å². The first-order chi connectivity index (χ1) is 13.5. The SMILES string of the molecule is COCCOc1cnc(C(=O)Nc2cncc([C@]3(C)CCSC(N)=N3)c2)cn1. The van der Waals surface area contributed by atoms with Gasteiger partial charge >= 0.3 is 0 Å². The van der Waals surface area contributed by atoms with E-state index in [0.29, 0.717) is 29.9 Å². The molecule has 9 nitrogen and oxygen atoms in total. The number of anilines is 1. The maximum absolute atomic E-state index is 12.5. The minimum atomic E-state index is -0.454. The fourth-order valence-corrected chi connectivity index (χ4v) is 3.60. The molecule has 2 aromatic rings. The fourth-order valence-electron chi connectivity index (χ4n) is 2.63. The van der Waals surface area contributed by atoms with Gasteiger partial charge in [0.25, 0.3) is 5.91 Å². The summed E-state index contributed by atoms with van der Waals surface area (Å²) >= 11 is 1.54. The Bertz CT molecular complexity index is 861. The first-order valence-electron chi connectivity index (χ1n) is 8.69. The standard InChI is InChI=1S/C18H22N6O3S/c1-18(3-6-28-17(19)24-18)12-7-13(9-20-8-12)23-16(25)14-10-22-15(11-21-14)27-5-4-26-2/h7-11H,3-6H2,1-2H3,(H2,19,24)(H,23,25)/t18-/m0/s1. The largest absolute Gasteiger partial charge is 0.474 e. The third kappa shape index (κ3) is 4.96. The molecule has 1 aliphatic heterocycles. The predicted molar refractivity (Wildman–Crippen MR) is 108 cm³/mol. The number of thioether (sulfide) groups is 1. The minimum Gasteiger partial charge on any atom is -0.474 e. The van der Waals surface area contributed by atoms with Crippen molar-refractivity contribution in [2.75, 3.05) is 31.4 Å². The Balaban J connectivity index is 1.68. The average Bonchev–Trinajstić information content (AvgIpc) is 2.69. The summed E-state index contributed by atoms with van der Waals surface area (Å²) in [4.78, 5) is 29.4. The van der Waals surface area contributed by atoms with E-state index in [0.717, 1.165) is 17.7 Å². The molecule has 3 rings (SSSR count). The fraction of sp³-hybridized carbons (Fsp3) is 0.389. The molecule has 0 saturated heterocycles. The second-order valence-corrected chi connectivity index (χ2v) is 7.44. The van der Waals surface area contributed by atoms with Gasteiger partial charge in [-0.05, 0) is 25.0 Å². The number of pyridine rings is 1. The monoisotopic (exact) mass is 402 g/mol. The summed E-state index contributed by atoms with van der Waals surface area (Å²) in [5.74, 6) is 0.828. The number of rotatable bonds is 7. The Morgan fingerprint density at radius 3 is 2.86 bits per heavy atom. The van der Waals surface area contributed by atoms with Gasteiger partial charge in [-0.2, -0.15) is 0 Å². The molecule has 0 fully saturated rings. The summed E-state index contributed by atoms with van der Waals surface area (Å²) in [6.07, 6.45) is 6.92. The molecule has 3 heterocycles. The van der Waals surface area contributed by atoms with Crippen LogP contribution < -0.4 is 15.8 Å². The molecule has 1 amide bonds. The second kappa shape index (κ2) is 8.98. The molecule has 0 bridgehead atoms. The van der Waals surface area contributed by atoms with E-state index >= 15 is 0 Å². The number of carbonyl (C=O) groups is 1. The molecule has 10 heteroatoms. The molecular formula is C18H22N6O3S. The normalized spacial score (nSPS) is 19.0. The number of nitrogens with zero attached hydrogens (tertiary/aromatic N) is 4. The van der Waals surface area contributed by atoms with Gasteiger partial charge in [0.05, 0.1) is 36.4 Å². The van der Waals surface area contributed by atoms with Crippen LogP contribution in [-0.2, 0) is 10.3 Å². The van der Waals surface area contributed by atoms with Gasteiger partial charge in [0.15, 0.2) is 5.17 Å². The van der Waals surface area contributed by atoms with Crippen LogP contribution in [0.1, 0.15) is 29.4 Å². The smallest absolute Gasteiger partial charge is 0.275 e. The van der Waals surface area contributed by atoms with Crippen LogP contribution in [0.15, 0.2) is 35.8 Å². The van der Waals surface area contributed by atoms with Crippen LogP contribution >= 0.6 is 11.8 Å². The number of hydrogen-bond donors (Lipinski definition) is 2. The minimum absolute atomic E-state index is 0.173. The van der Waals surface area contributed by atoms with Crippen LogP contribution in [0, 0.1) is 0 Å². The van der Waals surface area contributed by atoms with Crippen LogP contribution in [0.5, 0.6) is 5.88 Å². The highest BCUT2D eigenvalue weighted by Crippen LogP contribution is 2.35. The molecule has 148 valence electrons. The number of ether oxygens (including phenoxy) is 2. The van der Waals surface area contributed by atoms with Crippen molar-refractivity contribution in [1.29, 1.82) is 0 Å². The molecule has 0 unspecified atom stereocenters. The van der Waals surface area contributed by atoms with E-state index in [4.69, 9.17) is 15.2 Å². The van der Waals surface area contributed by atoms with E-state index in [2.05, 4.69) is 25.3 Å². The summed E-state index contributed by atoms with van der Waals surface area (Å²) in [5.41, 5.74) is 7.05. The lowest BCUT2D eigenvalue weighted by molar-refractivity contribution is 0.102. The van der Waals surface area contributed by atoms with Gasteiger partial charge in [-0.25, -0.2) is 9.97 Å². The zero-order chi connectivity index (χ0) is 20.0. The molecule has 1 atom stereocenters. The number of nitrogens with two attached hydrogens (primary N) is 1. The van der Waals surface area contributed by atoms with Crippen molar-refractivity contribution in [3.05, 3.63) is 42.1 Å². The molecule has 2 aromatic heterocycles. The topological polar surface area (TPSA) is 125 Å². The molecule has 0 aromatic carbocycles. The zero-order valence-corrected chi connectivity index (χ0v) is 16.5. The van der Waals surface area contributed by atoms with E-state index in [9.17, 15) is 4.79 Å². The number of nitrogens with one attached hydrogen (secondary N) is 1. The lowest BCUT2D eigenvalue weighted by atomic mass is 9.91. The first kappa shape index (κ1) is 20.0. The van der Waals surface area contributed by atoms with Crippen molar-refractivity contribution in [3.8, 4) is 5.88 Å². The van der Waals surface area contributed by atoms with Crippen molar-refractivity contribution in [2.45, 2.75) is 18.9 Å². The second-order valence-electron chi connectivity index (χ2n) is 6.32. The highest BCUT2D eigenvalue weighted by Gasteiger charge is 2.30. The Labute approximate surface area is 167 Å². The van der Waals surface area contributed by atoms with Crippen LogP contribution in [-0.4, -0.2) is 52.1 Å². The highest BCUT2D eigenvalue weighted by molar-refractivity contribution is 8.13. The molecule has 0 spiro atoms. The maximum Gasteiger partial charge on any atom is 0.275 e. The Morgan fingerprint density at radius 2 is 2.14 bits per heavy atom. The van der Waals surface area contributed by atoms with Gasteiger partial charge in [-0.3, -0.25) is 14.8 Å². The molecule has 0 radical (unpaired) electrons. The quantitative estimate of drug-likeness (QED) is 0.672. The third-order valence-corrected chi connectivity index (χ3v) is 5.01. The maximum atomic E-state index is 12.5. The number of carbonyl (C=O) groups excluding carboxylic acids is 1. The van der Waals surface area contributed by atoms with Crippen LogP contribution in [0.3, 0.4) is 0 Å². The number of hydrogen-bond acceptors (Lipinski definition) is 9. The van der Waals surface area contributed by atoms with Crippen molar-refractivity contribution in [3.63, 3.8) is 0 Å². The summed E-state index contributed by atoms with van der Waals surface area (Å²) in [6.45, 7) is 2.82. The molecule has 1 aliphatic rings. The zero-order valence-electron chi connectivity index (χ0n) is 15.7. The van der Waals surface area contributed by atoms with Crippen molar-refractivity contribution in [1.82, 2.24) is 15.0 Å². The first-order valence-corrected chi connectivity index (χ1v) is 9.67. The van der Waals surface area contributed by atoms with E-state index in [1.807, 2.05) is 13.0 Å². The van der Waals surface area contributed by atoms with Gasteiger partial charge in [-0.15, -0.1) is 0 Å². The van der Waals surface area contributed by atoms with E-state index in [1.54, 1.807) is 19.5 Å². The van der Waals surface area contributed by atoms with Crippen molar-refractivity contribution < 1.29 is 14.3 Å². The lowest BCUT2D eigenvalue weighted by Crippen LogP contribution is -2.29. The Morgan fingerprint density at radius 1 is 1.29 bits per heavy atom. The van der Waals surface area contributed by atoms with Gasteiger partial charge in [-0.1, -0.05) is 11.8 Å². The third-order valence-electron chi connectivity index (χ3n) is 4.21. The van der Waals surface area contributed by atoms with Crippen LogP contribution in [0.2, 0.25) is 0 Å². The Kier molecular flexibility index (Phi) is 6.42. The molecule has 28 heavy (non-hydrogen) atoms. The van der Waals surface area contributed by atoms with Crippen molar-refractivity contribution >= 4 is 28.5 Å². The number of aromatic nitrogens is 3. The number of amides is 1.